The zero-order valence-corrected chi connectivity index (χ0v) is 22.1. The van der Waals surface area contributed by atoms with E-state index in [1.54, 1.807) is 25.3 Å². The molecule has 0 N–H and O–H groups in total. The molecule has 0 spiro atoms. The van der Waals surface area contributed by atoms with Gasteiger partial charge in [-0.15, -0.1) is 0 Å². The van der Waals surface area contributed by atoms with Crippen LogP contribution in [0.25, 0.3) is 16.7 Å². The van der Waals surface area contributed by atoms with Crippen molar-refractivity contribution in [2.24, 2.45) is 0 Å². The van der Waals surface area contributed by atoms with Crippen LogP contribution in [0.1, 0.15) is 53.6 Å². The zero-order valence-electron chi connectivity index (χ0n) is 22.1. The Morgan fingerprint density at radius 2 is 1.57 bits per heavy atom. The van der Waals surface area contributed by atoms with E-state index in [1.807, 2.05) is 36.4 Å². The molecular formula is C34H28F3NO2. The minimum atomic E-state index is -0.683. The standard InChI is InChI=1S/C34H28F3NO2/c1-21(39)13-22-4-6-24(7-5-22)32-3-2-12-38-34(32)27(14-23-15-29(36)19-30(37)16-23)18-31(40)17-26-9-8-25-10-11-28(35)20-33(25)26/h2-7,9-12,15-16,19-20,27H,8,13-14,17-18H2,1H3/t27-/m1/s1. The van der Waals surface area contributed by atoms with Crippen LogP contribution in [0.5, 0.6) is 0 Å². The third-order valence-electron chi connectivity index (χ3n) is 7.20. The smallest absolute Gasteiger partial charge is 0.137 e. The van der Waals surface area contributed by atoms with Gasteiger partial charge in [-0.2, -0.15) is 0 Å². The predicted molar refractivity (Wildman–Crippen MR) is 149 cm³/mol. The van der Waals surface area contributed by atoms with Crippen LogP contribution in [-0.4, -0.2) is 16.6 Å². The van der Waals surface area contributed by atoms with Crippen LogP contribution in [-0.2, 0) is 28.9 Å². The van der Waals surface area contributed by atoms with Crippen LogP contribution >= 0.6 is 0 Å². The monoisotopic (exact) mass is 539 g/mol. The van der Waals surface area contributed by atoms with Gasteiger partial charge in [0.2, 0.25) is 0 Å². The average Bonchev–Trinajstić information content (AvgIpc) is 3.29. The van der Waals surface area contributed by atoms with E-state index in [-0.39, 0.29) is 36.6 Å². The summed E-state index contributed by atoms with van der Waals surface area (Å²) in [6.07, 6.45) is 5.01. The van der Waals surface area contributed by atoms with Crippen LogP contribution in [0, 0.1) is 17.5 Å². The van der Waals surface area contributed by atoms with Crippen molar-refractivity contribution in [2.75, 3.05) is 0 Å². The van der Waals surface area contributed by atoms with Crippen LogP contribution < -0.4 is 0 Å². The highest BCUT2D eigenvalue weighted by molar-refractivity contribution is 5.92. The Kier molecular flexibility index (Phi) is 8.06. The summed E-state index contributed by atoms with van der Waals surface area (Å²) < 4.78 is 42.1. The molecule has 40 heavy (non-hydrogen) atoms. The second-order valence-corrected chi connectivity index (χ2v) is 10.3. The fourth-order valence-electron chi connectivity index (χ4n) is 5.45. The molecule has 0 fully saturated rings. The van der Waals surface area contributed by atoms with Crippen molar-refractivity contribution in [1.29, 1.82) is 0 Å². The number of allylic oxidation sites excluding steroid dienone is 2. The van der Waals surface area contributed by atoms with Gasteiger partial charge in [0.05, 0.1) is 5.69 Å². The van der Waals surface area contributed by atoms with Gasteiger partial charge in [0, 0.05) is 43.0 Å². The lowest BCUT2D eigenvalue weighted by Gasteiger charge is -2.20. The van der Waals surface area contributed by atoms with Crippen molar-refractivity contribution in [1.82, 2.24) is 4.98 Å². The molecule has 5 rings (SSSR count). The molecule has 6 heteroatoms. The van der Waals surface area contributed by atoms with E-state index >= 15 is 0 Å². The Bertz CT molecular complexity index is 1590. The average molecular weight is 540 g/mol. The minimum absolute atomic E-state index is 0.0680. The van der Waals surface area contributed by atoms with Crippen LogP contribution in [0.15, 0.2) is 85.1 Å². The maximum absolute atomic E-state index is 14.1. The molecule has 1 aliphatic rings. The Labute approximate surface area is 231 Å². The number of rotatable bonds is 10. The van der Waals surface area contributed by atoms with E-state index in [1.165, 1.54) is 24.3 Å². The van der Waals surface area contributed by atoms with Crippen molar-refractivity contribution in [2.45, 2.75) is 44.9 Å². The second-order valence-electron chi connectivity index (χ2n) is 10.3. The largest absolute Gasteiger partial charge is 0.300 e. The number of carbonyl (C=O) groups is 2. The number of carbonyl (C=O) groups excluding carboxylic acids is 2. The third kappa shape index (κ3) is 6.45. The van der Waals surface area contributed by atoms with Gasteiger partial charge in [-0.3, -0.25) is 14.6 Å². The number of ketones is 2. The molecule has 3 aromatic carbocycles. The first-order valence-corrected chi connectivity index (χ1v) is 13.2. The molecule has 0 saturated heterocycles. The molecule has 1 heterocycles. The zero-order chi connectivity index (χ0) is 28.2. The first kappa shape index (κ1) is 27.3. The van der Waals surface area contributed by atoms with E-state index in [0.717, 1.165) is 39.5 Å². The molecule has 202 valence electrons. The molecule has 0 saturated carbocycles. The van der Waals surface area contributed by atoms with Gasteiger partial charge in [0.1, 0.15) is 29.0 Å². The first-order valence-electron chi connectivity index (χ1n) is 13.2. The van der Waals surface area contributed by atoms with Gasteiger partial charge in [0.25, 0.3) is 0 Å². The maximum atomic E-state index is 14.1. The van der Waals surface area contributed by atoms with Crippen molar-refractivity contribution in [3.63, 3.8) is 0 Å². The van der Waals surface area contributed by atoms with Crippen molar-refractivity contribution in [3.8, 4) is 11.1 Å². The van der Waals surface area contributed by atoms with E-state index in [9.17, 15) is 22.8 Å². The first-order chi connectivity index (χ1) is 19.2. The summed E-state index contributed by atoms with van der Waals surface area (Å²) in [6.45, 7) is 1.54. The molecule has 0 aliphatic heterocycles. The summed E-state index contributed by atoms with van der Waals surface area (Å²) >= 11 is 0. The Hall–Kier alpha value is -4.32. The number of benzene rings is 3. The summed E-state index contributed by atoms with van der Waals surface area (Å²) in [7, 11) is 0. The maximum Gasteiger partial charge on any atom is 0.137 e. The second kappa shape index (κ2) is 11.8. The molecular weight excluding hydrogens is 511 g/mol. The van der Waals surface area contributed by atoms with E-state index < -0.39 is 17.6 Å². The Balaban J connectivity index is 1.46. The molecule has 0 bridgehead atoms. The number of nitrogens with zero attached hydrogens (tertiary/aromatic N) is 1. The van der Waals surface area contributed by atoms with Crippen LogP contribution in [0.4, 0.5) is 13.2 Å². The van der Waals surface area contributed by atoms with Crippen molar-refractivity contribution in [3.05, 3.63) is 130 Å². The highest BCUT2D eigenvalue weighted by Gasteiger charge is 2.24. The number of aromatic nitrogens is 1. The number of hydrogen-bond donors (Lipinski definition) is 0. The van der Waals surface area contributed by atoms with Crippen LogP contribution in [0.3, 0.4) is 0 Å². The Morgan fingerprint density at radius 1 is 0.825 bits per heavy atom. The lowest BCUT2D eigenvalue weighted by Crippen LogP contribution is -2.13. The van der Waals surface area contributed by atoms with E-state index in [0.29, 0.717) is 24.1 Å². The van der Waals surface area contributed by atoms with Gasteiger partial charge in [0.15, 0.2) is 0 Å². The topological polar surface area (TPSA) is 47.0 Å². The fraction of sp³-hybridized carbons (Fsp3) is 0.206. The summed E-state index contributed by atoms with van der Waals surface area (Å²) in [5, 5.41) is 0. The van der Waals surface area contributed by atoms with Crippen molar-refractivity contribution >= 4 is 17.1 Å². The molecule has 3 nitrogen and oxygen atoms in total. The van der Waals surface area contributed by atoms with Gasteiger partial charge < -0.3 is 0 Å². The number of hydrogen-bond acceptors (Lipinski definition) is 3. The van der Waals surface area contributed by atoms with Gasteiger partial charge in [-0.1, -0.05) is 42.5 Å². The number of halogens is 3. The number of Topliss-reactive ketones (excluding diaryl/α,β-unsaturated/α-hetero) is 2. The van der Waals surface area contributed by atoms with E-state index in [2.05, 4.69) is 4.98 Å². The molecule has 1 aromatic heterocycles. The lowest BCUT2D eigenvalue weighted by atomic mass is 9.85. The molecule has 0 unspecified atom stereocenters. The lowest BCUT2D eigenvalue weighted by molar-refractivity contribution is -0.118. The third-order valence-corrected chi connectivity index (χ3v) is 7.20. The number of fused-ring (bicyclic) bond motifs is 1. The predicted octanol–water partition coefficient (Wildman–Crippen LogP) is 7.61. The minimum Gasteiger partial charge on any atom is -0.300 e. The van der Waals surface area contributed by atoms with Crippen LogP contribution in [0.2, 0.25) is 0 Å². The molecule has 1 atom stereocenters. The highest BCUT2D eigenvalue weighted by atomic mass is 19.1. The van der Waals surface area contributed by atoms with Crippen molar-refractivity contribution < 1.29 is 22.8 Å². The summed E-state index contributed by atoms with van der Waals surface area (Å²) in [4.78, 5) is 29.6. The highest BCUT2D eigenvalue weighted by Crippen LogP contribution is 2.35. The molecule has 1 aliphatic carbocycles. The van der Waals surface area contributed by atoms with Gasteiger partial charge in [-0.25, -0.2) is 13.2 Å². The summed E-state index contributed by atoms with van der Waals surface area (Å²) in [5.41, 5.74) is 6.16. The van der Waals surface area contributed by atoms with E-state index in [4.69, 9.17) is 0 Å². The van der Waals surface area contributed by atoms with Gasteiger partial charge >= 0.3 is 0 Å². The Morgan fingerprint density at radius 3 is 2.30 bits per heavy atom. The molecule has 0 amide bonds. The molecule has 0 radical (unpaired) electrons. The summed E-state index contributed by atoms with van der Waals surface area (Å²) in [5.74, 6) is -2.18. The van der Waals surface area contributed by atoms with Gasteiger partial charge in [-0.05, 0) is 83.5 Å². The molecule has 4 aromatic rings. The quantitative estimate of drug-likeness (QED) is 0.208. The summed E-state index contributed by atoms with van der Waals surface area (Å²) in [6, 6.07) is 19.3. The SMILES string of the molecule is CC(=O)Cc1ccc(-c2cccnc2[C@@H](CC(=O)CC2=CCc3ccc(F)cc32)Cc2cc(F)cc(F)c2)cc1. The normalized spacial score (nSPS) is 13.1. The number of pyridine rings is 1. The fourth-order valence-corrected chi connectivity index (χ4v) is 5.45.